The van der Waals surface area contributed by atoms with Crippen molar-refractivity contribution in [2.45, 2.75) is 4.90 Å². The fourth-order valence-electron chi connectivity index (χ4n) is 1.14. The maximum absolute atomic E-state index is 10.9. The molecule has 0 saturated carbocycles. The van der Waals surface area contributed by atoms with Crippen LogP contribution in [0.1, 0.15) is 20.7 Å². The van der Waals surface area contributed by atoms with Gasteiger partial charge in [-0.25, -0.2) is 4.79 Å². The van der Waals surface area contributed by atoms with Crippen LogP contribution in [0, 0.1) is 0 Å². The van der Waals surface area contributed by atoms with Gasteiger partial charge in [-0.1, -0.05) is 12.1 Å². The Morgan fingerprint density at radius 3 is 2.00 bits per heavy atom. The molecule has 0 aliphatic rings. The molecule has 1 aromatic carbocycles. The number of hydrogen-bond donors (Lipinski definition) is 2. The molecule has 0 saturated heterocycles. The van der Waals surface area contributed by atoms with E-state index in [1.165, 1.54) is 0 Å². The second kappa shape index (κ2) is 5.33. The smallest absolute Gasteiger partial charge is 0.545 e. The average Bonchev–Trinajstić information content (AvgIpc) is 2.15. The van der Waals surface area contributed by atoms with E-state index in [2.05, 4.69) is 0 Å². The van der Waals surface area contributed by atoms with Crippen molar-refractivity contribution in [1.29, 1.82) is 0 Å². The van der Waals surface area contributed by atoms with Gasteiger partial charge in [0.2, 0.25) is 0 Å². The van der Waals surface area contributed by atoms with Crippen LogP contribution >= 0.6 is 0 Å². The van der Waals surface area contributed by atoms with E-state index in [1.54, 1.807) is 0 Å². The zero-order valence-electron chi connectivity index (χ0n) is 8.58. The molecule has 0 aromatic heterocycles. The van der Waals surface area contributed by atoms with Crippen molar-refractivity contribution < 1.29 is 51.6 Å². The zero-order valence-corrected chi connectivity index (χ0v) is 9.39. The van der Waals surface area contributed by atoms with Gasteiger partial charge in [-0.3, -0.25) is 4.55 Å². The number of benzene rings is 1. The molecule has 1 rings (SSSR count). The van der Waals surface area contributed by atoms with E-state index in [4.69, 9.17) is 9.66 Å². The van der Waals surface area contributed by atoms with Gasteiger partial charge in [-0.2, -0.15) is 8.42 Å². The van der Waals surface area contributed by atoms with Gasteiger partial charge in [0.25, 0.3) is 10.1 Å². The Labute approximate surface area is 108 Å². The van der Waals surface area contributed by atoms with E-state index in [1.807, 2.05) is 0 Å². The van der Waals surface area contributed by atoms with E-state index in [-0.39, 0.29) is 18.9 Å². The number of rotatable bonds is 3. The van der Waals surface area contributed by atoms with Gasteiger partial charge in [0, 0.05) is 5.56 Å². The number of hydrogen-bond acceptors (Lipinski definition) is 5. The molecule has 0 amide bonds. The molecule has 0 unspecified atom stereocenters. The fourth-order valence-corrected chi connectivity index (χ4v) is 2.01. The van der Waals surface area contributed by atoms with Crippen LogP contribution in [0.3, 0.4) is 0 Å². The van der Waals surface area contributed by atoms with Crippen molar-refractivity contribution in [1.82, 2.24) is 0 Å². The molecule has 0 atom stereocenters. The molecule has 0 spiro atoms. The molecule has 9 heteroatoms. The largest absolute Gasteiger partial charge is 1.00 e. The van der Waals surface area contributed by atoms with Crippen LogP contribution in [-0.2, 0) is 10.1 Å². The Morgan fingerprint density at radius 1 is 1.18 bits per heavy atom. The summed E-state index contributed by atoms with van der Waals surface area (Å²) >= 11 is 0. The maximum atomic E-state index is 10.9. The molecule has 7 nitrogen and oxygen atoms in total. The molecular formula is C8H5LiO7S. The minimum Gasteiger partial charge on any atom is -0.545 e. The van der Waals surface area contributed by atoms with Crippen molar-refractivity contribution in [2.75, 3.05) is 0 Å². The van der Waals surface area contributed by atoms with E-state index in [0.29, 0.717) is 0 Å². The third-order valence-corrected chi connectivity index (χ3v) is 2.68. The zero-order chi connectivity index (χ0) is 12.5. The minimum atomic E-state index is -4.96. The van der Waals surface area contributed by atoms with Crippen molar-refractivity contribution in [2.24, 2.45) is 0 Å². The number of aromatic carboxylic acids is 2. The molecule has 0 bridgehead atoms. The van der Waals surface area contributed by atoms with E-state index in [0.717, 1.165) is 18.2 Å². The van der Waals surface area contributed by atoms with Gasteiger partial charge in [0.1, 0.15) is 4.90 Å². The maximum Gasteiger partial charge on any atom is 1.00 e. The summed E-state index contributed by atoms with van der Waals surface area (Å²) in [6.45, 7) is 0. The summed E-state index contributed by atoms with van der Waals surface area (Å²) in [5, 5.41) is 19.2. The molecular weight excluding hydrogens is 247 g/mol. The summed E-state index contributed by atoms with van der Waals surface area (Å²) in [4.78, 5) is 20.0. The molecule has 0 radical (unpaired) electrons. The second-order valence-electron chi connectivity index (χ2n) is 2.75. The summed E-state index contributed by atoms with van der Waals surface area (Å²) in [5.74, 6) is -3.56. The van der Waals surface area contributed by atoms with Crippen LogP contribution < -0.4 is 24.0 Å². The first-order valence-corrected chi connectivity index (χ1v) is 5.24. The molecule has 0 aliphatic carbocycles. The SMILES string of the molecule is O=C([O-])c1cccc(C(=O)O)c1S(=O)(=O)O.[Li+]. The van der Waals surface area contributed by atoms with Crippen LogP contribution in [0.5, 0.6) is 0 Å². The minimum absolute atomic E-state index is 0. The number of carboxylic acid groups (broad SMARTS) is 2. The first-order valence-electron chi connectivity index (χ1n) is 3.80. The molecule has 0 aliphatic heterocycles. The monoisotopic (exact) mass is 252 g/mol. The summed E-state index contributed by atoms with van der Waals surface area (Å²) in [6, 6.07) is 2.71. The van der Waals surface area contributed by atoms with Crippen LogP contribution in [-0.4, -0.2) is 30.0 Å². The molecule has 17 heavy (non-hydrogen) atoms. The summed E-state index contributed by atoms with van der Waals surface area (Å²) < 4.78 is 30.5. The van der Waals surface area contributed by atoms with Crippen molar-refractivity contribution in [3.8, 4) is 0 Å². The molecule has 0 fully saturated rings. The molecule has 1 aromatic rings. The van der Waals surface area contributed by atoms with E-state index >= 15 is 0 Å². The van der Waals surface area contributed by atoms with Crippen molar-refractivity contribution >= 4 is 22.1 Å². The number of carbonyl (C=O) groups excluding carboxylic acids is 1. The van der Waals surface area contributed by atoms with E-state index < -0.39 is 38.1 Å². The summed E-state index contributed by atoms with van der Waals surface area (Å²) in [5.41, 5.74) is -1.73. The first-order chi connectivity index (χ1) is 7.25. The average molecular weight is 252 g/mol. The van der Waals surface area contributed by atoms with Crippen LogP contribution in [0.15, 0.2) is 23.1 Å². The Balaban J connectivity index is 0.00000256. The number of carboxylic acids is 2. The van der Waals surface area contributed by atoms with Gasteiger partial charge in [-0.15, -0.1) is 0 Å². The normalized spacial score (nSPS) is 10.4. The fraction of sp³-hybridized carbons (Fsp3) is 0. The summed E-state index contributed by atoms with van der Waals surface area (Å²) in [6.07, 6.45) is 0. The van der Waals surface area contributed by atoms with Gasteiger partial charge in [-0.05, 0) is 6.07 Å². The predicted octanol–water partition coefficient (Wildman–Crippen LogP) is -4.00. The van der Waals surface area contributed by atoms with Gasteiger partial charge in [0.15, 0.2) is 0 Å². The third-order valence-electron chi connectivity index (χ3n) is 1.72. The standard InChI is InChI=1S/C8H6O7S.Li/c9-7(10)4-2-1-3-5(8(11)12)6(4)16(13,14)15;/h1-3H,(H,9,10)(H,11,12)(H,13,14,15);/q;+1/p-1. The Kier molecular flexibility index (Phi) is 4.91. The second-order valence-corrected chi connectivity index (χ2v) is 4.11. The van der Waals surface area contributed by atoms with Gasteiger partial charge >= 0.3 is 24.8 Å². The Hall–Kier alpha value is -1.33. The van der Waals surface area contributed by atoms with Gasteiger partial charge < -0.3 is 15.0 Å². The Bertz CT molecular complexity index is 531. The number of carbonyl (C=O) groups is 2. The topological polar surface area (TPSA) is 132 Å². The van der Waals surface area contributed by atoms with Crippen LogP contribution in [0.25, 0.3) is 0 Å². The predicted molar refractivity (Wildman–Crippen MR) is 47.5 cm³/mol. The van der Waals surface area contributed by atoms with Crippen molar-refractivity contribution in [3.05, 3.63) is 29.3 Å². The van der Waals surface area contributed by atoms with Crippen molar-refractivity contribution in [3.63, 3.8) is 0 Å². The van der Waals surface area contributed by atoms with E-state index in [9.17, 15) is 23.1 Å². The first kappa shape index (κ1) is 15.7. The molecule has 0 heterocycles. The molecule has 86 valence electrons. The van der Waals surface area contributed by atoms with Crippen LogP contribution in [0.4, 0.5) is 0 Å². The quantitative estimate of drug-likeness (QED) is 0.413. The molecule has 2 N–H and O–H groups in total. The summed E-state index contributed by atoms with van der Waals surface area (Å²) in [7, 11) is -4.96. The van der Waals surface area contributed by atoms with Gasteiger partial charge in [0.05, 0.1) is 11.5 Å². The third kappa shape index (κ3) is 3.31. The Morgan fingerprint density at radius 2 is 1.65 bits per heavy atom. The van der Waals surface area contributed by atoms with Crippen LogP contribution in [0.2, 0.25) is 0 Å².